The van der Waals surface area contributed by atoms with E-state index in [1.165, 1.54) is 0 Å². The van der Waals surface area contributed by atoms with E-state index in [4.69, 9.17) is 16.3 Å². The average molecular weight is 438 g/mol. The van der Waals surface area contributed by atoms with Crippen LogP contribution in [0.2, 0.25) is 5.02 Å². The first-order valence-electron chi connectivity index (χ1n) is 9.99. The number of halogens is 1. The molecule has 1 aliphatic heterocycles. The molecule has 0 aliphatic carbocycles. The Labute approximate surface area is 181 Å². The van der Waals surface area contributed by atoms with E-state index in [0.29, 0.717) is 30.7 Å². The van der Waals surface area contributed by atoms with Crippen LogP contribution in [0, 0.1) is 11.8 Å². The zero-order chi connectivity index (χ0) is 22.1. The Hall–Kier alpha value is -2.61. The number of hydrogen-bond donors (Lipinski definition) is 3. The predicted octanol–water partition coefficient (Wildman–Crippen LogP) is 2.19. The van der Waals surface area contributed by atoms with Gasteiger partial charge in [-0.1, -0.05) is 37.6 Å². The molecule has 0 bridgehead atoms. The maximum atomic E-state index is 12.7. The molecule has 30 heavy (non-hydrogen) atoms. The molecule has 0 aromatic heterocycles. The number of aldehydes is 1. The zero-order valence-electron chi connectivity index (χ0n) is 17.2. The summed E-state index contributed by atoms with van der Waals surface area (Å²) in [6.07, 6.45) is 1.10. The quantitative estimate of drug-likeness (QED) is 0.485. The Bertz CT molecular complexity index is 771. The number of carbonyl (C=O) groups is 4. The van der Waals surface area contributed by atoms with E-state index in [1.807, 2.05) is 13.8 Å². The fraction of sp³-hybridized carbons (Fsp3) is 0.524. The largest absolute Gasteiger partial charge is 0.445 e. The molecule has 1 fully saturated rings. The van der Waals surface area contributed by atoms with Gasteiger partial charge in [0.05, 0.1) is 6.04 Å². The van der Waals surface area contributed by atoms with Crippen LogP contribution in [0.5, 0.6) is 0 Å². The van der Waals surface area contributed by atoms with Crippen LogP contribution in [0.4, 0.5) is 4.79 Å². The molecule has 1 saturated heterocycles. The third kappa shape index (κ3) is 7.67. The first-order chi connectivity index (χ1) is 14.3. The molecule has 2 rings (SSSR count). The van der Waals surface area contributed by atoms with E-state index in [-0.39, 0.29) is 30.8 Å². The summed E-state index contributed by atoms with van der Waals surface area (Å²) in [6, 6.07) is 5.25. The molecule has 0 spiro atoms. The van der Waals surface area contributed by atoms with Crippen LogP contribution in [0.15, 0.2) is 24.3 Å². The minimum absolute atomic E-state index is 0.0101. The number of hydrogen-bond acceptors (Lipinski definition) is 5. The predicted molar refractivity (Wildman–Crippen MR) is 112 cm³/mol. The van der Waals surface area contributed by atoms with Crippen molar-refractivity contribution in [3.8, 4) is 0 Å². The van der Waals surface area contributed by atoms with Gasteiger partial charge in [-0.2, -0.15) is 0 Å². The van der Waals surface area contributed by atoms with Crippen molar-refractivity contribution in [2.24, 2.45) is 11.8 Å². The molecule has 9 heteroatoms. The van der Waals surface area contributed by atoms with E-state index < -0.39 is 24.1 Å². The molecule has 3 N–H and O–H groups in total. The topological polar surface area (TPSA) is 114 Å². The van der Waals surface area contributed by atoms with Crippen LogP contribution in [0.3, 0.4) is 0 Å². The van der Waals surface area contributed by atoms with Gasteiger partial charge in [-0.05, 0) is 42.9 Å². The van der Waals surface area contributed by atoms with E-state index in [1.54, 1.807) is 24.3 Å². The summed E-state index contributed by atoms with van der Waals surface area (Å²) in [5, 5.41) is 8.44. The molecule has 1 aromatic rings. The molecule has 1 unspecified atom stereocenters. The Morgan fingerprint density at radius 1 is 1.33 bits per heavy atom. The minimum atomic E-state index is -0.864. The molecule has 8 nitrogen and oxygen atoms in total. The summed E-state index contributed by atoms with van der Waals surface area (Å²) < 4.78 is 5.19. The number of carbonyl (C=O) groups excluding carboxylic acids is 4. The number of rotatable bonds is 10. The fourth-order valence-electron chi connectivity index (χ4n) is 3.27. The van der Waals surface area contributed by atoms with Crippen molar-refractivity contribution in [2.45, 2.75) is 51.8 Å². The highest BCUT2D eigenvalue weighted by Crippen LogP contribution is 2.16. The molecule has 1 heterocycles. The lowest BCUT2D eigenvalue weighted by Gasteiger charge is -2.23. The number of alkyl carbamates (subject to hydrolysis) is 1. The smallest absolute Gasteiger partial charge is 0.408 e. The zero-order valence-corrected chi connectivity index (χ0v) is 17.9. The van der Waals surface area contributed by atoms with Gasteiger partial charge in [0.25, 0.3) is 0 Å². The third-order valence-electron chi connectivity index (χ3n) is 4.77. The van der Waals surface area contributed by atoms with Crippen molar-refractivity contribution >= 4 is 35.8 Å². The van der Waals surface area contributed by atoms with Gasteiger partial charge in [0, 0.05) is 17.5 Å². The van der Waals surface area contributed by atoms with Gasteiger partial charge in [0.15, 0.2) is 0 Å². The van der Waals surface area contributed by atoms with Crippen molar-refractivity contribution in [1.82, 2.24) is 16.0 Å². The van der Waals surface area contributed by atoms with Crippen molar-refractivity contribution in [2.75, 3.05) is 6.54 Å². The van der Waals surface area contributed by atoms with Crippen molar-refractivity contribution in [3.05, 3.63) is 34.9 Å². The maximum Gasteiger partial charge on any atom is 0.408 e. The van der Waals surface area contributed by atoms with Crippen molar-refractivity contribution < 1.29 is 23.9 Å². The standard InChI is InChI=1S/C21H28ClN3O5/c1-13(2)8-18(25-21(29)30-12-14-4-3-5-16(22)9-14)20(28)24-17(11-26)10-15-6-7-23-19(15)27/h3-5,9,11,13,15,17-18H,6-8,10,12H2,1-2H3,(H,23,27)(H,24,28)(H,25,29)/t15-,17?,18-/m0/s1. The summed E-state index contributed by atoms with van der Waals surface area (Å²) in [5.74, 6) is -0.791. The van der Waals surface area contributed by atoms with Crippen LogP contribution in [0.1, 0.15) is 38.7 Å². The van der Waals surface area contributed by atoms with Crippen LogP contribution in [-0.4, -0.2) is 42.8 Å². The highest BCUT2D eigenvalue weighted by molar-refractivity contribution is 6.30. The molecule has 0 saturated carbocycles. The normalized spacial score (nSPS) is 17.7. The van der Waals surface area contributed by atoms with E-state index in [0.717, 1.165) is 5.56 Å². The van der Waals surface area contributed by atoms with Gasteiger partial charge in [-0.25, -0.2) is 4.79 Å². The first kappa shape index (κ1) is 23.7. The molecule has 1 aliphatic rings. The van der Waals surface area contributed by atoms with Gasteiger partial charge in [-0.15, -0.1) is 0 Å². The van der Waals surface area contributed by atoms with E-state index in [2.05, 4.69) is 16.0 Å². The number of nitrogens with one attached hydrogen (secondary N) is 3. The van der Waals surface area contributed by atoms with Crippen molar-refractivity contribution in [1.29, 1.82) is 0 Å². The lowest BCUT2D eigenvalue weighted by atomic mass is 9.98. The number of ether oxygens (including phenoxy) is 1. The lowest BCUT2D eigenvalue weighted by Crippen LogP contribution is -2.51. The van der Waals surface area contributed by atoms with E-state index >= 15 is 0 Å². The molecular formula is C21H28ClN3O5. The van der Waals surface area contributed by atoms with Crippen LogP contribution in [-0.2, 0) is 25.7 Å². The van der Waals surface area contributed by atoms with Crippen LogP contribution >= 0.6 is 11.6 Å². The molecule has 1 aromatic carbocycles. The fourth-order valence-corrected chi connectivity index (χ4v) is 3.48. The Balaban J connectivity index is 1.92. The van der Waals surface area contributed by atoms with Crippen molar-refractivity contribution in [3.63, 3.8) is 0 Å². The molecule has 3 amide bonds. The van der Waals surface area contributed by atoms with Gasteiger partial charge in [-0.3, -0.25) is 9.59 Å². The Morgan fingerprint density at radius 3 is 2.70 bits per heavy atom. The molecular weight excluding hydrogens is 410 g/mol. The maximum absolute atomic E-state index is 12.7. The summed E-state index contributed by atoms with van der Waals surface area (Å²) in [7, 11) is 0. The Kier molecular flexibility index (Phi) is 9.11. The van der Waals surface area contributed by atoms with Gasteiger partial charge < -0.3 is 25.5 Å². The summed E-state index contributed by atoms with van der Waals surface area (Å²) in [6.45, 7) is 4.41. The van der Waals surface area contributed by atoms with E-state index in [9.17, 15) is 19.2 Å². The second-order valence-corrected chi connectivity index (χ2v) is 8.23. The molecule has 3 atom stereocenters. The highest BCUT2D eigenvalue weighted by atomic mass is 35.5. The van der Waals surface area contributed by atoms with Gasteiger partial charge >= 0.3 is 6.09 Å². The van der Waals surface area contributed by atoms with Gasteiger partial charge in [0.2, 0.25) is 11.8 Å². The summed E-state index contributed by atoms with van der Waals surface area (Å²) >= 11 is 5.91. The van der Waals surface area contributed by atoms with Crippen LogP contribution < -0.4 is 16.0 Å². The lowest BCUT2D eigenvalue weighted by molar-refractivity contribution is -0.127. The molecule has 164 valence electrons. The highest BCUT2D eigenvalue weighted by Gasteiger charge is 2.30. The summed E-state index contributed by atoms with van der Waals surface area (Å²) in [4.78, 5) is 48.0. The summed E-state index contributed by atoms with van der Waals surface area (Å²) in [5.41, 5.74) is 0.721. The first-order valence-corrected chi connectivity index (χ1v) is 10.4. The van der Waals surface area contributed by atoms with Gasteiger partial charge in [0.1, 0.15) is 18.9 Å². The minimum Gasteiger partial charge on any atom is -0.445 e. The second-order valence-electron chi connectivity index (χ2n) is 7.80. The average Bonchev–Trinajstić information content (AvgIpc) is 3.09. The monoisotopic (exact) mass is 437 g/mol. The second kappa shape index (κ2) is 11.5. The number of benzene rings is 1. The third-order valence-corrected chi connectivity index (χ3v) is 5.00. The Morgan fingerprint density at radius 2 is 2.10 bits per heavy atom. The SMILES string of the molecule is CC(C)C[C@H](NC(=O)OCc1cccc(Cl)c1)C(=O)NC(C=O)C[C@@H]1CCNC1=O. The number of amides is 3. The molecule has 0 radical (unpaired) electrons. The van der Waals surface area contributed by atoms with Crippen LogP contribution in [0.25, 0.3) is 0 Å².